The number of carboxylic acid groups (broad SMARTS) is 1. The molecule has 1 N–H and O–H groups in total. The number of anilines is 1. The Balaban J connectivity index is 2.38. The number of carbonyl (C=O) groups is 1. The summed E-state index contributed by atoms with van der Waals surface area (Å²) in [7, 11) is 3.45. The lowest BCUT2D eigenvalue weighted by molar-refractivity contribution is -0.136. The molecule has 0 saturated heterocycles. The molecule has 0 aliphatic carbocycles. The van der Waals surface area contributed by atoms with Gasteiger partial charge in [0.25, 0.3) is 0 Å². The minimum atomic E-state index is -0.815. The monoisotopic (exact) mass is 260 g/mol. The Hall–Kier alpha value is -2.30. The normalized spacial score (nSPS) is 10.4. The van der Waals surface area contributed by atoms with Crippen LogP contribution in [0.5, 0.6) is 5.75 Å². The molecule has 0 amide bonds. The Kier molecular flexibility index (Phi) is 3.85. The van der Waals surface area contributed by atoms with E-state index in [9.17, 15) is 4.79 Å². The molecule has 0 fully saturated rings. The van der Waals surface area contributed by atoms with E-state index >= 15 is 0 Å². The molecule has 0 bridgehead atoms. The van der Waals surface area contributed by atoms with Crippen molar-refractivity contribution < 1.29 is 14.6 Å². The van der Waals surface area contributed by atoms with Crippen LogP contribution in [0.4, 0.5) is 5.82 Å². The SMILES string of the molecule is COc1ccc2ccnc(N(C)CCC(=O)O)c2c1. The van der Waals surface area contributed by atoms with Crippen LogP contribution in [0.1, 0.15) is 6.42 Å². The van der Waals surface area contributed by atoms with E-state index in [2.05, 4.69) is 4.98 Å². The third-order valence-corrected chi connectivity index (χ3v) is 2.97. The third-order valence-electron chi connectivity index (χ3n) is 2.97. The molecule has 1 heterocycles. The number of nitrogens with zero attached hydrogens (tertiary/aromatic N) is 2. The number of rotatable bonds is 5. The number of ether oxygens (including phenoxy) is 1. The van der Waals surface area contributed by atoms with Crippen molar-refractivity contribution in [3.05, 3.63) is 30.5 Å². The zero-order chi connectivity index (χ0) is 13.8. The van der Waals surface area contributed by atoms with E-state index in [1.165, 1.54) is 0 Å². The number of hydrogen-bond donors (Lipinski definition) is 1. The van der Waals surface area contributed by atoms with Crippen molar-refractivity contribution in [2.75, 3.05) is 25.6 Å². The highest BCUT2D eigenvalue weighted by molar-refractivity contribution is 5.93. The zero-order valence-corrected chi connectivity index (χ0v) is 11.0. The van der Waals surface area contributed by atoms with Gasteiger partial charge in [-0.3, -0.25) is 4.79 Å². The number of benzene rings is 1. The second kappa shape index (κ2) is 5.56. The lowest BCUT2D eigenvalue weighted by Crippen LogP contribution is -2.22. The average Bonchev–Trinajstić information content (AvgIpc) is 2.43. The second-order valence-electron chi connectivity index (χ2n) is 4.29. The smallest absolute Gasteiger partial charge is 0.305 e. The molecule has 0 aliphatic heterocycles. The van der Waals surface area contributed by atoms with E-state index in [1.807, 2.05) is 36.2 Å². The van der Waals surface area contributed by atoms with Crippen LogP contribution in [0.3, 0.4) is 0 Å². The first kappa shape index (κ1) is 13.1. The first-order chi connectivity index (χ1) is 9.11. The highest BCUT2D eigenvalue weighted by Crippen LogP contribution is 2.27. The maximum Gasteiger partial charge on any atom is 0.305 e. The average molecular weight is 260 g/mol. The number of carboxylic acids is 1. The predicted molar refractivity (Wildman–Crippen MR) is 73.8 cm³/mol. The number of aliphatic carboxylic acids is 1. The Morgan fingerprint density at radius 3 is 2.89 bits per heavy atom. The van der Waals surface area contributed by atoms with Gasteiger partial charge in [0.2, 0.25) is 0 Å². The quantitative estimate of drug-likeness (QED) is 0.892. The molecule has 0 radical (unpaired) electrons. The lowest BCUT2D eigenvalue weighted by atomic mass is 10.1. The molecule has 0 unspecified atom stereocenters. The summed E-state index contributed by atoms with van der Waals surface area (Å²) in [4.78, 5) is 16.8. The van der Waals surface area contributed by atoms with E-state index in [1.54, 1.807) is 13.3 Å². The molecule has 2 rings (SSSR count). The van der Waals surface area contributed by atoms with Crippen molar-refractivity contribution in [2.24, 2.45) is 0 Å². The number of hydrogen-bond acceptors (Lipinski definition) is 4. The van der Waals surface area contributed by atoms with Crippen LogP contribution in [0.15, 0.2) is 30.5 Å². The summed E-state index contributed by atoms with van der Waals surface area (Å²) < 4.78 is 5.21. The summed E-state index contributed by atoms with van der Waals surface area (Å²) >= 11 is 0. The fraction of sp³-hybridized carbons (Fsp3) is 0.286. The second-order valence-corrected chi connectivity index (χ2v) is 4.29. The molecule has 100 valence electrons. The number of methoxy groups -OCH3 is 1. The van der Waals surface area contributed by atoms with Crippen LogP contribution < -0.4 is 9.64 Å². The maximum atomic E-state index is 10.6. The topological polar surface area (TPSA) is 62.7 Å². The molecule has 19 heavy (non-hydrogen) atoms. The van der Waals surface area contributed by atoms with Gasteiger partial charge in [0.05, 0.1) is 13.5 Å². The summed E-state index contributed by atoms with van der Waals surface area (Å²) in [5, 5.41) is 10.7. The van der Waals surface area contributed by atoms with Crippen molar-refractivity contribution in [2.45, 2.75) is 6.42 Å². The van der Waals surface area contributed by atoms with Crippen molar-refractivity contribution in [3.8, 4) is 5.75 Å². The maximum absolute atomic E-state index is 10.6. The fourth-order valence-electron chi connectivity index (χ4n) is 1.93. The first-order valence-corrected chi connectivity index (χ1v) is 5.97. The van der Waals surface area contributed by atoms with Gasteiger partial charge in [-0.25, -0.2) is 4.98 Å². The van der Waals surface area contributed by atoms with Gasteiger partial charge < -0.3 is 14.7 Å². The number of fused-ring (bicyclic) bond motifs is 1. The molecule has 5 heteroatoms. The molecular formula is C14H16N2O3. The van der Waals surface area contributed by atoms with E-state index < -0.39 is 5.97 Å². The Morgan fingerprint density at radius 2 is 2.21 bits per heavy atom. The van der Waals surface area contributed by atoms with Crippen LogP contribution in [0, 0.1) is 0 Å². The minimum absolute atomic E-state index is 0.0819. The molecule has 0 spiro atoms. The van der Waals surface area contributed by atoms with Gasteiger partial charge in [-0.1, -0.05) is 6.07 Å². The van der Waals surface area contributed by atoms with Crippen LogP contribution in [-0.2, 0) is 4.79 Å². The van der Waals surface area contributed by atoms with E-state index in [0.717, 1.165) is 22.3 Å². The molecule has 5 nitrogen and oxygen atoms in total. The van der Waals surface area contributed by atoms with E-state index in [-0.39, 0.29) is 6.42 Å². The third kappa shape index (κ3) is 2.93. The molecule has 0 aliphatic rings. The van der Waals surface area contributed by atoms with Crippen LogP contribution >= 0.6 is 0 Å². The first-order valence-electron chi connectivity index (χ1n) is 5.97. The van der Waals surface area contributed by atoms with Crippen molar-refractivity contribution in [1.82, 2.24) is 4.98 Å². The molecule has 2 aromatic rings. The van der Waals surface area contributed by atoms with Crippen LogP contribution in [0.2, 0.25) is 0 Å². The molecule has 1 aromatic carbocycles. The highest BCUT2D eigenvalue weighted by Gasteiger charge is 2.10. The number of pyridine rings is 1. The van der Waals surface area contributed by atoms with Gasteiger partial charge in [-0.05, 0) is 23.6 Å². The largest absolute Gasteiger partial charge is 0.497 e. The van der Waals surface area contributed by atoms with Gasteiger partial charge in [0.1, 0.15) is 11.6 Å². The molecule has 1 aromatic heterocycles. The van der Waals surface area contributed by atoms with Gasteiger partial charge in [0.15, 0.2) is 0 Å². The van der Waals surface area contributed by atoms with Gasteiger partial charge in [-0.15, -0.1) is 0 Å². The molecular weight excluding hydrogens is 244 g/mol. The summed E-state index contributed by atoms with van der Waals surface area (Å²) in [6.45, 7) is 0.415. The summed E-state index contributed by atoms with van der Waals surface area (Å²) in [6.07, 6.45) is 1.81. The summed E-state index contributed by atoms with van der Waals surface area (Å²) in [6, 6.07) is 7.69. The minimum Gasteiger partial charge on any atom is -0.497 e. The van der Waals surface area contributed by atoms with Gasteiger partial charge in [0, 0.05) is 25.2 Å². The highest BCUT2D eigenvalue weighted by atomic mass is 16.5. The predicted octanol–water partition coefficient (Wildman–Crippen LogP) is 2.15. The van der Waals surface area contributed by atoms with Crippen LogP contribution in [0.25, 0.3) is 10.8 Å². The standard InChI is InChI=1S/C14H16N2O3/c1-16(8-6-13(17)18)14-12-9-11(19-2)4-3-10(12)5-7-15-14/h3-5,7,9H,6,8H2,1-2H3,(H,17,18). The lowest BCUT2D eigenvalue weighted by Gasteiger charge is -2.19. The van der Waals surface area contributed by atoms with Gasteiger partial charge >= 0.3 is 5.97 Å². The van der Waals surface area contributed by atoms with Crippen LogP contribution in [-0.4, -0.2) is 36.8 Å². The van der Waals surface area contributed by atoms with Crippen molar-refractivity contribution in [1.29, 1.82) is 0 Å². The Labute approximate surface area is 111 Å². The Morgan fingerprint density at radius 1 is 1.42 bits per heavy atom. The fourth-order valence-corrected chi connectivity index (χ4v) is 1.93. The molecule has 0 saturated carbocycles. The summed E-state index contributed by atoms with van der Waals surface area (Å²) in [5.74, 6) is 0.704. The van der Waals surface area contributed by atoms with Gasteiger partial charge in [-0.2, -0.15) is 0 Å². The van der Waals surface area contributed by atoms with E-state index in [0.29, 0.717) is 6.54 Å². The molecule has 0 atom stereocenters. The van der Waals surface area contributed by atoms with E-state index in [4.69, 9.17) is 9.84 Å². The zero-order valence-electron chi connectivity index (χ0n) is 11.0. The van der Waals surface area contributed by atoms with Crippen molar-refractivity contribution in [3.63, 3.8) is 0 Å². The van der Waals surface area contributed by atoms with Crippen molar-refractivity contribution >= 4 is 22.6 Å². The Bertz CT molecular complexity index is 598. The number of aromatic nitrogens is 1. The summed E-state index contributed by atoms with van der Waals surface area (Å²) in [5.41, 5.74) is 0.